The van der Waals surface area contributed by atoms with Crippen LogP contribution in [0.25, 0.3) is 0 Å². The lowest BCUT2D eigenvalue weighted by atomic mass is 9.70. The third-order valence-electron chi connectivity index (χ3n) is 6.55. The van der Waals surface area contributed by atoms with E-state index < -0.39 is 0 Å². The molecule has 0 saturated carbocycles. The Morgan fingerprint density at radius 1 is 1.16 bits per heavy atom. The van der Waals surface area contributed by atoms with Crippen LogP contribution in [0, 0.1) is 12.7 Å². The number of likely N-dealkylation sites (tertiary alicyclic amines) is 1. The van der Waals surface area contributed by atoms with Crippen LogP contribution in [0.4, 0.5) is 4.39 Å². The lowest BCUT2D eigenvalue weighted by Crippen LogP contribution is -2.44. The average molecular weight is 488 g/mol. The molecule has 1 heterocycles. The number of carbonyl (C=O) groups is 1. The highest BCUT2D eigenvalue weighted by molar-refractivity contribution is 6.34. The Kier molecular flexibility index (Phi) is 8.80. The summed E-state index contributed by atoms with van der Waals surface area (Å²) >= 11 is 12.3. The van der Waals surface area contributed by atoms with Crippen LogP contribution >= 0.6 is 35.6 Å². The van der Waals surface area contributed by atoms with Crippen LogP contribution in [-0.4, -0.2) is 42.9 Å². The monoisotopic (exact) mass is 486 g/mol. The summed E-state index contributed by atoms with van der Waals surface area (Å²) in [4.78, 5) is 17.4. The number of carbonyl (C=O) groups excluding carboxylic acids is 1. The van der Waals surface area contributed by atoms with Crippen molar-refractivity contribution in [2.75, 3.05) is 27.2 Å². The van der Waals surface area contributed by atoms with Crippen LogP contribution in [0.3, 0.4) is 0 Å². The zero-order valence-electron chi connectivity index (χ0n) is 18.4. The maximum Gasteiger partial charge on any atom is 0.223 e. The van der Waals surface area contributed by atoms with E-state index in [9.17, 15) is 9.18 Å². The molecule has 0 bridgehead atoms. The van der Waals surface area contributed by atoms with Gasteiger partial charge < -0.3 is 9.80 Å². The minimum absolute atomic E-state index is 0. The molecule has 31 heavy (non-hydrogen) atoms. The maximum atomic E-state index is 13.9. The SMILES string of the molecule is Cc1cc(C2(CC(=O)N(C)C(C)c3cc(Cl)cc(Cl)c3)CCN(C)CC2)ccc1F.Cl. The van der Waals surface area contributed by atoms with Crippen molar-refractivity contribution in [3.63, 3.8) is 0 Å². The molecule has 1 fully saturated rings. The molecule has 1 unspecified atom stereocenters. The predicted octanol–water partition coefficient (Wildman–Crippen LogP) is 6.44. The Balaban J connectivity index is 0.00000341. The van der Waals surface area contributed by atoms with Gasteiger partial charge in [0.25, 0.3) is 0 Å². The summed E-state index contributed by atoms with van der Waals surface area (Å²) in [5.74, 6) is -0.151. The highest BCUT2D eigenvalue weighted by Gasteiger charge is 2.39. The van der Waals surface area contributed by atoms with Crippen molar-refractivity contribution in [2.45, 2.75) is 44.6 Å². The van der Waals surface area contributed by atoms with Crippen LogP contribution in [-0.2, 0) is 10.2 Å². The Bertz CT molecular complexity index is 909. The van der Waals surface area contributed by atoms with Gasteiger partial charge in [0.05, 0.1) is 6.04 Å². The molecule has 2 aromatic rings. The fourth-order valence-corrected chi connectivity index (χ4v) is 4.80. The smallest absolute Gasteiger partial charge is 0.223 e. The van der Waals surface area contributed by atoms with E-state index in [2.05, 4.69) is 11.9 Å². The number of amides is 1. The van der Waals surface area contributed by atoms with Gasteiger partial charge in [0.15, 0.2) is 0 Å². The van der Waals surface area contributed by atoms with Crippen LogP contribution in [0.5, 0.6) is 0 Å². The molecule has 7 heteroatoms. The van der Waals surface area contributed by atoms with Crippen molar-refractivity contribution < 1.29 is 9.18 Å². The average Bonchev–Trinajstić information content (AvgIpc) is 2.70. The molecular formula is C24H30Cl3FN2O. The summed E-state index contributed by atoms with van der Waals surface area (Å²) in [6, 6.07) is 10.5. The van der Waals surface area contributed by atoms with Gasteiger partial charge in [-0.2, -0.15) is 0 Å². The number of hydrogen-bond donors (Lipinski definition) is 0. The van der Waals surface area contributed by atoms with E-state index in [4.69, 9.17) is 23.2 Å². The van der Waals surface area contributed by atoms with Crippen molar-refractivity contribution >= 4 is 41.5 Å². The standard InChI is InChI=1S/C24H29Cl2FN2O.ClH/c1-16-11-19(5-6-22(16)27)24(7-9-28(3)10-8-24)15-23(30)29(4)17(2)18-12-20(25)14-21(26)13-18;/h5-6,11-14,17H,7-10,15H2,1-4H3;1H. The molecule has 1 amide bonds. The van der Waals surface area contributed by atoms with Gasteiger partial charge in [-0.05, 0) is 87.8 Å². The van der Waals surface area contributed by atoms with Gasteiger partial charge in [-0.3, -0.25) is 4.79 Å². The zero-order valence-corrected chi connectivity index (χ0v) is 20.8. The molecule has 1 aliphatic heterocycles. The van der Waals surface area contributed by atoms with Crippen LogP contribution in [0.2, 0.25) is 10.0 Å². The molecule has 170 valence electrons. The lowest BCUT2D eigenvalue weighted by Gasteiger charge is -2.42. The second-order valence-electron chi connectivity index (χ2n) is 8.61. The quantitative estimate of drug-likeness (QED) is 0.485. The number of rotatable bonds is 5. The summed E-state index contributed by atoms with van der Waals surface area (Å²) < 4.78 is 13.9. The molecule has 3 rings (SSSR count). The molecule has 0 aromatic heterocycles. The van der Waals surface area contributed by atoms with Crippen molar-refractivity contribution in [1.82, 2.24) is 9.80 Å². The van der Waals surface area contributed by atoms with Crippen molar-refractivity contribution in [1.29, 1.82) is 0 Å². The third-order valence-corrected chi connectivity index (χ3v) is 6.98. The van der Waals surface area contributed by atoms with E-state index in [1.54, 1.807) is 17.9 Å². The third kappa shape index (κ3) is 5.92. The highest BCUT2D eigenvalue weighted by Crippen LogP contribution is 2.40. The number of hydrogen-bond acceptors (Lipinski definition) is 2. The van der Waals surface area contributed by atoms with Crippen LogP contribution in [0.1, 0.15) is 48.9 Å². The fourth-order valence-electron chi connectivity index (χ4n) is 4.26. The van der Waals surface area contributed by atoms with E-state index in [1.807, 2.05) is 38.2 Å². The van der Waals surface area contributed by atoms with E-state index >= 15 is 0 Å². The normalized spacial score (nSPS) is 17.0. The molecule has 0 spiro atoms. The van der Waals surface area contributed by atoms with E-state index in [0.717, 1.165) is 37.1 Å². The maximum absolute atomic E-state index is 13.9. The van der Waals surface area contributed by atoms with Gasteiger partial charge in [0.1, 0.15) is 5.82 Å². The summed E-state index contributed by atoms with van der Waals surface area (Å²) in [6.45, 7) is 5.57. The summed E-state index contributed by atoms with van der Waals surface area (Å²) in [5.41, 5.74) is 2.28. The first-order valence-electron chi connectivity index (χ1n) is 10.3. The molecule has 0 radical (unpaired) electrons. The molecule has 0 N–H and O–H groups in total. The summed E-state index contributed by atoms with van der Waals surface area (Å²) in [5, 5.41) is 1.11. The van der Waals surface area contributed by atoms with Crippen molar-refractivity contribution in [3.05, 3.63) is 69.0 Å². The first-order valence-corrected chi connectivity index (χ1v) is 11.0. The number of halogens is 4. The molecule has 0 aliphatic carbocycles. The molecule has 1 aliphatic rings. The Morgan fingerprint density at radius 2 is 1.74 bits per heavy atom. The van der Waals surface area contributed by atoms with Crippen molar-refractivity contribution in [2.24, 2.45) is 0 Å². The number of piperidine rings is 1. The van der Waals surface area contributed by atoms with E-state index in [1.165, 1.54) is 6.07 Å². The largest absolute Gasteiger partial charge is 0.339 e. The van der Waals surface area contributed by atoms with E-state index in [0.29, 0.717) is 22.0 Å². The lowest BCUT2D eigenvalue weighted by molar-refractivity contribution is -0.133. The van der Waals surface area contributed by atoms with Gasteiger partial charge in [-0.1, -0.05) is 35.3 Å². The zero-order chi connectivity index (χ0) is 22.1. The summed E-state index contributed by atoms with van der Waals surface area (Å²) in [7, 11) is 3.92. The van der Waals surface area contributed by atoms with Crippen LogP contribution in [0.15, 0.2) is 36.4 Å². The van der Waals surface area contributed by atoms with Gasteiger partial charge >= 0.3 is 0 Å². The topological polar surface area (TPSA) is 23.6 Å². The first kappa shape index (κ1) is 25.9. The van der Waals surface area contributed by atoms with E-state index in [-0.39, 0.29) is 35.6 Å². The Labute approximate surface area is 200 Å². The van der Waals surface area contributed by atoms with Crippen molar-refractivity contribution in [3.8, 4) is 0 Å². The van der Waals surface area contributed by atoms with Gasteiger partial charge in [-0.25, -0.2) is 4.39 Å². The molecular weight excluding hydrogens is 458 g/mol. The minimum Gasteiger partial charge on any atom is -0.339 e. The van der Waals surface area contributed by atoms with Gasteiger partial charge in [0, 0.05) is 28.9 Å². The number of aryl methyl sites for hydroxylation is 1. The Morgan fingerprint density at radius 3 is 2.29 bits per heavy atom. The molecule has 1 saturated heterocycles. The fraction of sp³-hybridized carbons (Fsp3) is 0.458. The number of nitrogens with zero attached hydrogens (tertiary/aromatic N) is 2. The Hall–Kier alpha value is -1.33. The van der Waals surface area contributed by atoms with Gasteiger partial charge in [0.2, 0.25) is 5.91 Å². The summed E-state index contributed by atoms with van der Waals surface area (Å²) in [6.07, 6.45) is 2.12. The molecule has 3 nitrogen and oxygen atoms in total. The number of benzene rings is 2. The molecule has 1 atom stereocenters. The van der Waals surface area contributed by atoms with Gasteiger partial charge in [-0.15, -0.1) is 12.4 Å². The minimum atomic E-state index is -0.290. The second-order valence-corrected chi connectivity index (χ2v) is 9.48. The highest BCUT2D eigenvalue weighted by atomic mass is 35.5. The van der Waals surface area contributed by atoms with Crippen LogP contribution < -0.4 is 0 Å². The predicted molar refractivity (Wildman–Crippen MR) is 129 cm³/mol. The first-order chi connectivity index (χ1) is 14.1. The molecule has 2 aromatic carbocycles. The second kappa shape index (κ2) is 10.5.